The van der Waals surface area contributed by atoms with E-state index in [1.54, 1.807) is 6.07 Å². The lowest BCUT2D eigenvalue weighted by Crippen LogP contribution is -2.28. The molecule has 17 heavy (non-hydrogen) atoms. The van der Waals surface area contributed by atoms with E-state index in [1.165, 1.54) is 6.26 Å². The third kappa shape index (κ3) is 4.20. The van der Waals surface area contributed by atoms with Crippen molar-refractivity contribution in [2.24, 2.45) is 0 Å². The van der Waals surface area contributed by atoms with Gasteiger partial charge in [-0.1, -0.05) is 13.3 Å². The zero-order valence-corrected chi connectivity index (χ0v) is 10.1. The average Bonchev–Trinajstić information content (AvgIpc) is 2.74. The number of rotatable bonds is 8. The summed E-state index contributed by atoms with van der Waals surface area (Å²) in [7, 11) is 0. The van der Waals surface area contributed by atoms with Crippen molar-refractivity contribution in [3.8, 4) is 0 Å². The highest BCUT2D eigenvalue weighted by atomic mass is 16.4. The summed E-state index contributed by atoms with van der Waals surface area (Å²) in [4.78, 5) is 12.9. The molecule has 0 atom stereocenters. The summed E-state index contributed by atoms with van der Waals surface area (Å²) in [6, 6.07) is 1.67. The van der Waals surface area contributed by atoms with E-state index in [-0.39, 0.29) is 12.4 Å². The minimum absolute atomic E-state index is 0.00978. The number of carboxylic acid groups (broad SMARTS) is 1. The van der Waals surface area contributed by atoms with Crippen LogP contribution in [0.4, 0.5) is 0 Å². The van der Waals surface area contributed by atoms with Gasteiger partial charge < -0.3 is 14.6 Å². The number of unbranched alkanes of at least 4 members (excludes halogenated alkanes) is 1. The first-order valence-electron chi connectivity index (χ1n) is 5.82. The molecule has 0 spiro atoms. The molecule has 0 bridgehead atoms. The summed E-state index contributed by atoms with van der Waals surface area (Å²) in [5.41, 5.74) is 0.655. The van der Waals surface area contributed by atoms with E-state index in [0.717, 1.165) is 19.4 Å². The van der Waals surface area contributed by atoms with E-state index in [9.17, 15) is 4.79 Å². The third-order valence-corrected chi connectivity index (χ3v) is 2.58. The predicted molar refractivity (Wildman–Crippen MR) is 62.9 cm³/mol. The fraction of sp³-hybridized carbons (Fsp3) is 0.583. The first-order valence-corrected chi connectivity index (χ1v) is 5.82. The standard InChI is InChI=1S/C12H19NO4/c1-2-3-5-13(6-7-14)9-10-4-8-17-11(10)12(15)16/h4,8,14H,2-3,5-7,9H2,1H3,(H,15,16). The van der Waals surface area contributed by atoms with Crippen LogP contribution in [-0.2, 0) is 6.54 Å². The van der Waals surface area contributed by atoms with Crippen LogP contribution in [0, 0.1) is 0 Å². The molecule has 0 aliphatic rings. The lowest BCUT2D eigenvalue weighted by molar-refractivity contribution is 0.0658. The summed E-state index contributed by atoms with van der Waals surface area (Å²) in [5, 5.41) is 17.9. The molecule has 0 fully saturated rings. The predicted octanol–water partition coefficient (Wildman–Crippen LogP) is 1.57. The normalized spacial score (nSPS) is 11.0. The number of hydrogen-bond acceptors (Lipinski definition) is 4. The maximum absolute atomic E-state index is 10.9. The van der Waals surface area contributed by atoms with Gasteiger partial charge in [-0.05, 0) is 19.0 Å². The molecule has 1 rings (SSSR count). The Hall–Kier alpha value is -1.33. The molecule has 0 radical (unpaired) electrons. The number of aromatic carboxylic acids is 1. The highest BCUT2D eigenvalue weighted by Gasteiger charge is 2.16. The lowest BCUT2D eigenvalue weighted by Gasteiger charge is -2.20. The van der Waals surface area contributed by atoms with Crippen LogP contribution in [-0.4, -0.2) is 40.8 Å². The molecule has 1 heterocycles. The van der Waals surface area contributed by atoms with Crippen LogP contribution in [0.2, 0.25) is 0 Å². The van der Waals surface area contributed by atoms with E-state index in [1.807, 2.05) is 4.90 Å². The van der Waals surface area contributed by atoms with E-state index < -0.39 is 5.97 Å². The van der Waals surface area contributed by atoms with Crippen molar-refractivity contribution < 1.29 is 19.4 Å². The number of carboxylic acids is 1. The zero-order valence-electron chi connectivity index (χ0n) is 10.1. The Morgan fingerprint density at radius 1 is 1.47 bits per heavy atom. The fourth-order valence-corrected chi connectivity index (χ4v) is 1.68. The van der Waals surface area contributed by atoms with Gasteiger partial charge in [0, 0.05) is 18.7 Å². The number of aliphatic hydroxyl groups is 1. The Bertz CT molecular complexity index is 348. The Kier molecular flexibility index (Phi) is 5.72. The van der Waals surface area contributed by atoms with Crippen molar-refractivity contribution in [1.82, 2.24) is 4.90 Å². The van der Waals surface area contributed by atoms with E-state index >= 15 is 0 Å². The third-order valence-electron chi connectivity index (χ3n) is 2.58. The van der Waals surface area contributed by atoms with Crippen LogP contribution in [0.15, 0.2) is 16.7 Å². The van der Waals surface area contributed by atoms with Crippen molar-refractivity contribution >= 4 is 5.97 Å². The van der Waals surface area contributed by atoms with Crippen molar-refractivity contribution in [2.75, 3.05) is 19.7 Å². The first-order chi connectivity index (χ1) is 8.19. The van der Waals surface area contributed by atoms with Crippen LogP contribution in [0.1, 0.15) is 35.9 Å². The largest absolute Gasteiger partial charge is 0.475 e. The Morgan fingerprint density at radius 3 is 2.82 bits per heavy atom. The second-order valence-corrected chi connectivity index (χ2v) is 3.93. The fourth-order valence-electron chi connectivity index (χ4n) is 1.68. The van der Waals surface area contributed by atoms with Gasteiger partial charge in [0.1, 0.15) is 0 Å². The van der Waals surface area contributed by atoms with E-state index in [4.69, 9.17) is 14.6 Å². The van der Waals surface area contributed by atoms with E-state index in [2.05, 4.69) is 6.92 Å². The quantitative estimate of drug-likeness (QED) is 0.722. The van der Waals surface area contributed by atoms with Crippen molar-refractivity contribution in [1.29, 1.82) is 0 Å². The minimum Gasteiger partial charge on any atom is -0.475 e. The topological polar surface area (TPSA) is 73.9 Å². The molecule has 0 aliphatic carbocycles. The van der Waals surface area contributed by atoms with Gasteiger partial charge in [0.15, 0.2) is 0 Å². The monoisotopic (exact) mass is 241 g/mol. The SMILES string of the molecule is CCCCN(CCO)Cc1ccoc1C(=O)O. The molecule has 2 N–H and O–H groups in total. The van der Waals surface area contributed by atoms with Gasteiger partial charge in [0.05, 0.1) is 12.9 Å². The molecular formula is C12H19NO4. The number of nitrogens with zero attached hydrogens (tertiary/aromatic N) is 1. The molecule has 5 nitrogen and oxygen atoms in total. The number of hydrogen-bond donors (Lipinski definition) is 2. The molecule has 1 aromatic rings. The molecule has 0 saturated heterocycles. The summed E-state index contributed by atoms with van der Waals surface area (Å²) in [6.45, 7) is 4.06. The average molecular weight is 241 g/mol. The van der Waals surface area contributed by atoms with Crippen LogP contribution in [0.3, 0.4) is 0 Å². The van der Waals surface area contributed by atoms with E-state index in [0.29, 0.717) is 18.7 Å². The van der Waals surface area contributed by atoms with Crippen LogP contribution in [0.25, 0.3) is 0 Å². The van der Waals surface area contributed by atoms with Gasteiger partial charge in [-0.3, -0.25) is 4.90 Å². The second-order valence-electron chi connectivity index (χ2n) is 3.93. The Labute approximate surface area is 101 Å². The van der Waals surface area contributed by atoms with Gasteiger partial charge >= 0.3 is 5.97 Å². The number of furan rings is 1. The summed E-state index contributed by atoms with van der Waals surface area (Å²) >= 11 is 0. The van der Waals surface area contributed by atoms with Gasteiger partial charge in [-0.15, -0.1) is 0 Å². The molecule has 0 unspecified atom stereocenters. The highest BCUT2D eigenvalue weighted by Crippen LogP contribution is 2.13. The van der Waals surface area contributed by atoms with Gasteiger partial charge in [-0.2, -0.15) is 0 Å². The van der Waals surface area contributed by atoms with Gasteiger partial charge in [0.2, 0.25) is 5.76 Å². The van der Waals surface area contributed by atoms with Crippen molar-refractivity contribution in [3.63, 3.8) is 0 Å². The molecule has 0 saturated carbocycles. The summed E-state index contributed by atoms with van der Waals surface area (Å²) in [5.74, 6) is -1.06. The second kappa shape index (κ2) is 7.09. The molecule has 0 amide bonds. The molecule has 0 aromatic carbocycles. The highest BCUT2D eigenvalue weighted by molar-refractivity contribution is 5.86. The molecule has 5 heteroatoms. The maximum Gasteiger partial charge on any atom is 0.372 e. The first kappa shape index (κ1) is 13.7. The van der Waals surface area contributed by atoms with Gasteiger partial charge in [-0.25, -0.2) is 4.79 Å². The Balaban J connectivity index is 2.64. The smallest absolute Gasteiger partial charge is 0.372 e. The van der Waals surface area contributed by atoms with Gasteiger partial charge in [0.25, 0.3) is 0 Å². The molecule has 96 valence electrons. The van der Waals surface area contributed by atoms with Crippen LogP contribution in [0.5, 0.6) is 0 Å². The number of carbonyl (C=O) groups is 1. The lowest BCUT2D eigenvalue weighted by atomic mass is 10.2. The molecular weight excluding hydrogens is 222 g/mol. The van der Waals surface area contributed by atoms with Crippen LogP contribution >= 0.6 is 0 Å². The maximum atomic E-state index is 10.9. The molecule has 1 aromatic heterocycles. The Morgan fingerprint density at radius 2 is 2.24 bits per heavy atom. The van der Waals surface area contributed by atoms with Crippen molar-refractivity contribution in [3.05, 3.63) is 23.7 Å². The zero-order chi connectivity index (χ0) is 12.7. The van der Waals surface area contributed by atoms with Crippen molar-refractivity contribution in [2.45, 2.75) is 26.3 Å². The summed E-state index contributed by atoms with van der Waals surface area (Å²) < 4.78 is 4.92. The molecule has 0 aliphatic heterocycles. The number of aliphatic hydroxyl groups excluding tert-OH is 1. The van der Waals surface area contributed by atoms with Crippen LogP contribution < -0.4 is 0 Å². The summed E-state index contributed by atoms with van der Waals surface area (Å²) in [6.07, 6.45) is 3.48. The minimum atomic E-state index is -1.05.